The van der Waals surface area contributed by atoms with Gasteiger partial charge in [-0.25, -0.2) is 17.6 Å². The van der Waals surface area contributed by atoms with E-state index in [2.05, 4.69) is 12.2 Å². The van der Waals surface area contributed by atoms with E-state index in [9.17, 15) is 8.78 Å². The molecule has 0 unspecified atom stereocenters. The zero-order valence-corrected chi connectivity index (χ0v) is 20.4. The molecule has 3 aromatic carbocycles. The Labute approximate surface area is 205 Å². The molecule has 1 fully saturated rings. The zero-order chi connectivity index (χ0) is 24.9. The summed E-state index contributed by atoms with van der Waals surface area (Å²) >= 11 is 0. The molecule has 4 rings (SSSR count). The summed E-state index contributed by atoms with van der Waals surface area (Å²) < 4.78 is 58.9. The van der Waals surface area contributed by atoms with E-state index < -0.39 is 23.3 Å². The minimum Gasteiger partial charge on any atom is -0.203 e. The molecular formula is C31H32F4. The van der Waals surface area contributed by atoms with Crippen LogP contribution in [0.2, 0.25) is 0 Å². The van der Waals surface area contributed by atoms with Crippen molar-refractivity contribution in [1.82, 2.24) is 0 Å². The highest BCUT2D eigenvalue weighted by molar-refractivity contribution is 5.71. The van der Waals surface area contributed by atoms with Crippen LogP contribution in [0.15, 0.2) is 60.7 Å². The molecule has 184 valence electrons. The summed E-state index contributed by atoms with van der Waals surface area (Å²) in [5, 5.41) is 0. The summed E-state index contributed by atoms with van der Waals surface area (Å²) in [6.07, 6.45) is 10.7. The lowest BCUT2D eigenvalue weighted by molar-refractivity contribution is 0.306. The first-order valence-corrected chi connectivity index (χ1v) is 12.6. The lowest BCUT2D eigenvalue weighted by Crippen LogP contribution is -2.15. The lowest BCUT2D eigenvalue weighted by Gasteiger charge is -2.29. The van der Waals surface area contributed by atoms with Crippen LogP contribution >= 0.6 is 0 Å². The first-order valence-electron chi connectivity index (χ1n) is 12.6. The summed E-state index contributed by atoms with van der Waals surface area (Å²) in [7, 11) is 0. The van der Waals surface area contributed by atoms with Crippen LogP contribution < -0.4 is 0 Å². The second kappa shape index (κ2) is 11.2. The fourth-order valence-corrected chi connectivity index (χ4v) is 5.28. The fourth-order valence-electron chi connectivity index (χ4n) is 5.28. The van der Waals surface area contributed by atoms with Crippen LogP contribution in [0.1, 0.15) is 69.4 Å². The molecule has 0 aliphatic heterocycles. The topological polar surface area (TPSA) is 0 Å². The van der Waals surface area contributed by atoms with Crippen molar-refractivity contribution >= 4 is 0 Å². The van der Waals surface area contributed by atoms with E-state index in [1.54, 1.807) is 55.5 Å². The molecule has 0 radical (unpaired) electrons. The summed E-state index contributed by atoms with van der Waals surface area (Å²) in [6, 6.07) is 12.9. The van der Waals surface area contributed by atoms with Crippen LogP contribution in [0.5, 0.6) is 0 Å². The third-order valence-corrected chi connectivity index (χ3v) is 7.43. The van der Waals surface area contributed by atoms with Crippen LogP contribution in [0.25, 0.3) is 22.3 Å². The van der Waals surface area contributed by atoms with Crippen molar-refractivity contribution < 1.29 is 17.6 Å². The number of hydrogen-bond acceptors (Lipinski definition) is 0. The first-order chi connectivity index (χ1) is 16.9. The Kier molecular flexibility index (Phi) is 8.10. The molecule has 0 spiro atoms. The molecule has 4 heteroatoms. The Bertz CT molecular complexity index is 1190. The van der Waals surface area contributed by atoms with Gasteiger partial charge in [0.2, 0.25) is 0 Å². The van der Waals surface area contributed by atoms with E-state index >= 15 is 8.78 Å². The molecule has 0 nitrogen and oxygen atoms in total. The van der Waals surface area contributed by atoms with Crippen LogP contribution in [0, 0.1) is 29.2 Å². The number of aryl methyl sites for hydroxylation is 1. The van der Waals surface area contributed by atoms with Crippen LogP contribution in [0.3, 0.4) is 0 Å². The van der Waals surface area contributed by atoms with Gasteiger partial charge in [-0.2, -0.15) is 0 Å². The maximum atomic E-state index is 15.1. The van der Waals surface area contributed by atoms with E-state index in [1.165, 1.54) is 0 Å². The molecule has 0 atom stereocenters. The van der Waals surface area contributed by atoms with Gasteiger partial charge in [0.25, 0.3) is 0 Å². The van der Waals surface area contributed by atoms with Gasteiger partial charge in [-0.15, -0.1) is 0 Å². The zero-order valence-electron chi connectivity index (χ0n) is 20.4. The number of allylic oxidation sites excluding steroid dienone is 2. The molecule has 0 bridgehead atoms. The minimum atomic E-state index is -0.893. The smallest absolute Gasteiger partial charge is 0.166 e. The lowest BCUT2D eigenvalue weighted by atomic mass is 9.77. The summed E-state index contributed by atoms with van der Waals surface area (Å²) in [5.74, 6) is -2.66. The molecule has 0 heterocycles. The average Bonchev–Trinajstić information content (AvgIpc) is 2.88. The molecule has 0 N–H and O–H groups in total. The van der Waals surface area contributed by atoms with E-state index in [0.29, 0.717) is 34.6 Å². The number of halogens is 4. The molecule has 0 amide bonds. The highest BCUT2D eigenvalue weighted by Crippen LogP contribution is 2.40. The summed E-state index contributed by atoms with van der Waals surface area (Å²) in [4.78, 5) is 0. The van der Waals surface area contributed by atoms with Gasteiger partial charge in [-0.3, -0.25) is 0 Å². The van der Waals surface area contributed by atoms with E-state index in [4.69, 9.17) is 0 Å². The van der Waals surface area contributed by atoms with Crippen LogP contribution in [-0.2, 0) is 6.42 Å². The van der Waals surface area contributed by atoms with Crippen molar-refractivity contribution in [1.29, 1.82) is 0 Å². The van der Waals surface area contributed by atoms with Gasteiger partial charge in [0.1, 0.15) is 0 Å². The Morgan fingerprint density at radius 2 is 1.29 bits per heavy atom. The Morgan fingerprint density at radius 1 is 0.714 bits per heavy atom. The van der Waals surface area contributed by atoms with Crippen molar-refractivity contribution in [2.75, 3.05) is 0 Å². The Balaban J connectivity index is 1.51. The third kappa shape index (κ3) is 5.37. The number of hydrogen-bond donors (Lipinski definition) is 0. The normalized spacial score (nSPS) is 18.3. The summed E-state index contributed by atoms with van der Waals surface area (Å²) in [6.45, 7) is 3.79. The van der Waals surface area contributed by atoms with Gasteiger partial charge in [0, 0.05) is 11.1 Å². The molecule has 35 heavy (non-hydrogen) atoms. The maximum absolute atomic E-state index is 15.1. The molecule has 0 saturated heterocycles. The summed E-state index contributed by atoms with van der Waals surface area (Å²) in [5.41, 5.74) is 2.08. The van der Waals surface area contributed by atoms with Gasteiger partial charge < -0.3 is 0 Å². The Hall–Kier alpha value is -2.88. The molecular weight excluding hydrogens is 448 g/mol. The SMILES string of the molecule is CC=CCCC1CCC(c2ccc(-c3ccc(-c4ccc(CC)c(F)c4F)cc3)c(F)c2F)CC1. The van der Waals surface area contributed by atoms with E-state index in [-0.39, 0.29) is 17.0 Å². The molecule has 1 saturated carbocycles. The number of benzene rings is 3. The van der Waals surface area contributed by atoms with Crippen molar-refractivity contribution in [3.63, 3.8) is 0 Å². The molecule has 1 aliphatic carbocycles. The van der Waals surface area contributed by atoms with Crippen molar-refractivity contribution in [2.24, 2.45) is 5.92 Å². The predicted octanol–water partition coefficient (Wildman–Crippen LogP) is 9.77. The second-order valence-electron chi connectivity index (χ2n) is 9.53. The molecule has 0 aromatic heterocycles. The maximum Gasteiger partial charge on any atom is 0.166 e. The van der Waals surface area contributed by atoms with Crippen molar-refractivity contribution in [3.05, 3.63) is 95.1 Å². The van der Waals surface area contributed by atoms with Crippen LogP contribution in [0.4, 0.5) is 17.6 Å². The average molecular weight is 481 g/mol. The molecule has 3 aromatic rings. The monoisotopic (exact) mass is 480 g/mol. The second-order valence-corrected chi connectivity index (χ2v) is 9.53. The van der Waals surface area contributed by atoms with Gasteiger partial charge >= 0.3 is 0 Å². The standard InChI is InChI=1S/C31H32F4/c1-3-5-6-7-20-8-10-22(11-9-20)26-18-19-27(31(35)30(26)34)24-14-12-23(13-15-24)25-17-16-21(4-2)28(32)29(25)33/h3,5,12-20,22H,4,6-11H2,1-2H3. The van der Waals surface area contributed by atoms with E-state index in [0.717, 1.165) is 38.5 Å². The van der Waals surface area contributed by atoms with Gasteiger partial charge in [-0.1, -0.05) is 67.6 Å². The van der Waals surface area contributed by atoms with Crippen LogP contribution in [-0.4, -0.2) is 0 Å². The third-order valence-electron chi connectivity index (χ3n) is 7.43. The Morgan fingerprint density at radius 3 is 1.86 bits per heavy atom. The largest absolute Gasteiger partial charge is 0.203 e. The van der Waals surface area contributed by atoms with Crippen molar-refractivity contribution in [3.8, 4) is 22.3 Å². The molecule has 1 aliphatic rings. The minimum absolute atomic E-state index is 0.0443. The van der Waals surface area contributed by atoms with Gasteiger partial charge in [0.05, 0.1) is 0 Å². The highest BCUT2D eigenvalue weighted by Gasteiger charge is 2.26. The van der Waals surface area contributed by atoms with Crippen molar-refractivity contribution in [2.45, 2.75) is 64.7 Å². The van der Waals surface area contributed by atoms with Gasteiger partial charge in [0.15, 0.2) is 23.3 Å². The first kappa shape index (κ1) is 25.2. The number of rotatable bonds is 7. The predicted molar refractivity (Wildman–Crippen MR) is 135 cm³/mol. The highest BCUT2D eigenvalue weighted by atomic mass is 19.2. The quantitative estimate of drug-likeness (QED) is 0.233. The fraction of sp³-hybridized carbons (Fsp3) is 0.355. The van der Waals surface area contributed by atoms with E-state index in [1.807, 2.05) is 6.92 Å². The van der Waals surface area contributed by atoms with Gasteiger partial charge in [-0.05, 0) is 86.0 Å².